The maximum atomic E-state index is 13.1. The number of hydrogen-bond donors (Lipinski definition) is 4. The van der Waals surface area contributed by atoms with Gasteiger partial charge in [0.15, 0.2) is 0 Å². The third-order valence-electron chi connectivity index (χ3n) is 17.1. The van der Waals surface area contributed by atoms with Gasteiger partial charge in [-0.3, -0.25) is 19.2 Å². The minimum Gasteiger partial charge on any atom is -0.491 e. The largest absolute Gasteiger partial charge is 0.573 e. The molecular weight excluding hydrogens is 1630 g/mol. The van der Waals surface area contributed by atoms with E-state index in [1.54, 1.807) is 107 Å². The van der Waals surface area contributed by atoms with Gasteiger partial charge in [-0.2, -0.15) is 0 Å². The van der Waals surface area contributed by atoms with E-state index in [0.717, 1.165) is 27.5 Å². The van der Waals surface area contributed by atoms with E-state index in [4.69, 9.17) is 40.6 Å². The Morgan fingerprint density at radius 2 is 0.774 bits per heavy atom. The molecule has 36 heteroatoms. The molecule has 0 fully saturated rings. The molecular formula is C79H73BBrCl2F9N10O13. The van der Waals surface area contributed by atoms with Gasteiger partial charge in [0.1, 0.15) is 84.1 Å². The number of imidazole rings is 3. The molecule has 604 valence electrons. The number of carbonyl (C=O) groups excluding carboxylic acids is 4. The average molecular weight is 1700 g/mol. The number of halogens is 12. The third kappa shape index (κ3) is 25.4. The lowest BCUT2D eigenvalue weighted by atomic mass is 9.80. The lowest BCUT2D eigenvalue weighted by Crippen LogP contribution is -2.32. The molecule has 0 spiro atoms. The first kappa shape index (κ1) is 87.3. The first-order chi connectivity index (χ1) is 54.3. The van der Waals surface area contributed by atoms with Gasteiger partial charge in [-0.15, -0.1) is 63.5 Å². The van der Waals surface area contributed by atoms with Crippen molar-refractivity contribution in [3.63, 3.8) is 0 Å². The molecule has 7 heterocycles. The van der Waals surface area contributed by atoms with Crippen LogP contribution in [0.3, 0.4) is 0 Å². The second-order valence-electron chi connectivity index (χ2n) is 25.1. The number of rotatable bonds is 12. The normalized spacial score (nSPS) is 13.5. The van der Waals surface area contributed by atoms with Crippen molar-refractivity contribution in [1.29, 1.82) is 0 Å². The SMILES string of the molecule is Cc1ccc(B(O)O)cc1.Cl.Cn1ccnc1CCl.Cn1ccnc1CN1CCOc2ccc(-c3ccc(OC(F)(F)F)cc3)cc2C1=O.Cn1ccnc1CN1CCOc2ccc(-c3ccc(OC(F)(F)F)cc3)cc2C1=O.O=C1NCCOc2ccc(-c3ccc(OC(F)(F)F)cc3)cc21.O=C1NCCOc2ccc(Br)cc21. The zero-order valence-electron chi connectivity index (χ0n) is 61.5. The van der Waals surface area contributed by atoms with Gasteiger partial charge < -0.3 is 77.3 Å². The van der Waals surface area contributed by atoms with Crippen LogP contribution >= 0.6 is 39.9 Å². The van der Waals surface area contributed by atoms with Crippen LogP contribution in [0.15, 0.2) is 212 Å². The summed E-state index contributed by atoms with van der Waals surface area (Å²) in [6.07, 6.45) is -3.63. The summed E-state index contributed by atoms with van der Waals surface area (Å²) in [5, 5.41) is 22.8. The topological polar surface area (TPSA) is 257 Å². The first-order valence-electron chi connectivity index (χ1n) is 34.7. The maximum absolute atomic E-state index is 13.1. The van der Waals surface area contributed by atoms with Crippen molar-refractivity contribution < 1.29 is 102 Å². The van der Waals surface area contributed by atoms with Crippen molar-refractivity contribution in [2.24, 2.45) is 21.1 Å². The fraction of sp³-hybridized carbons (Fsp3) is 0.228. The number of ether oxygens (including phenoxy) is 7. The molecule has 4 amide bonds. The smallest absolute Gasteiger partial charge is 0.491 e. The van der Waals surface area contributed by atoms with Gasteiger partial charge in [0.25, 0.3) is 23.6 Å². The van der Waals surface area contributed by atoms with Gasteiger partial charge in [-0.1, -0.05) is 100 Å². The second kappa shape index (κ2) is 39.8. The summed E-state index contributed by atoms with van der Waals surface area (Å²) in [7, 11) is 4.30. The Morgan fingerprint density at radius 3 is 1.10 bits per heavy atom. The number of nitrogens with one attached hydrogen (secondary N) is 2. The van der Waals surface area contributed by atoms with Gasteiger partial charge in [0, 0.05) is 62.8 Å². The predicted molar refractivity (Wildman–Crippen MR) is 413 cm³/mol. The summed E-state index contributed by atoms with van der Waals surface area (Å²) in [5.74, 6) is 3.39. The molecule has 23 nitrogen and oxygen atoms in total. The molecule has 3 aromatic heterocycles. The van der Waals surface area contributed by atoms with Crippen molar-refractivity contribution in [3.05, 3.63) is 257 Å². The van der Waals surface area contributed by atoms with Crippen LogP contribution in [0.4, 0.5) is 39.5 Å². The molecule has 4 aliphatic heterocycles. The van der Waals surface area contributed by atoms with Crippen LogP contribution in [0.5, 0.6) is 40.2 Å². The van der Waals surface area contributed by atoms with Crippen molar-refractivity contribution in [2.45, 2.75) is 45.0 Å². The number of aryl methyl sites for hydroxylation is 4. The van der Waals surface area contributed by atoms with Gasteiger partial charge in [-0.25, -0.2) is 15.0 Å². The molecule has 0 bridgehead atoms. The van der Waals surface area contributed by atoms with Crippen LogP contribution in [0.2, 0.25) is 0 Å². The van der Waals surface area contributed by atoms with Gasteiger partial charge in [0.05, 0.1) is 67.4 Å². The Bertz CT molecular complexity index is 4930. The number of hydrogen-bond acceptors (Lipinski definition) is 16. The predicted octanol–water partition coefficient (Wildman–Crippen LogP) is 14.2. The molecule has 0 saturated heterocycles. The molecule has 115 heavy (non-hydrogen) atoms. The third-order valence-corrected chi connectivity index (χ3v) is 17.9. The minimum absolute atomic E-state index is 0. The number of nitrogens with zero attached hydrogens (tertiary/aromatic N) is 8. The number of fused-ring (bicyclic) bond motifs is 4. The lowest BCUT2D eigenvalue weighted by molar-refractivity contribution is -0.275. The Labute approximate surface area is 672 Å². The highest BCUT2D eigenvalue weighted by molar-refractivity contribution is 9.10. The summed E-state index contributed by atoms with van der Waals surface area (Å²) in [6, 6.07) is 44.3. The summed E-state index contributed by atoms with van der Waals surface area (Å²) in [6.45, 7) is 6.08. The second-order valence-corrected chi connectivity index (χ2v) is 26.3. The van der Waals surface area contributed by atoms with Crippen molar-refractivity contribution in [2.75, 3.05) is 52.6 Å². The standard InChI is InChI=1S/2C21H18F3N3O3.C16H12F3NO3.C9H8BrNO2.C7H9BO2.C5H7ClN2.ClH/c2*1-26-9-8-25-19(26)13-27-10-11-29-18-7-4-15(12-17(18)20(27)28)14-2-5-16(6-3-14)30-21(22,23)24;17-16(18,19)23-12-4-1-10(2-5-12)11-3-6-14-13(9-11)15(21)20-7-8-22-14;10-6-1-2-8-7(5-6)9(12)11-3-4-13-8;1-6-2-4-7(5-3-6)8(9)10;1-8-3-2-7-5(8)4-6;/h2*2-9,12H,10-11,13H2,1H3;1-6,9H,7-8H2,(H,20,21);1-2,5H,3-4H2,(H,11,12);2-5,9-10H,1H3;2-3H,4H2,1H3;1H. The van der Waals surface area contributed by atoms with Crippen LogP contribution in [0.25, 0.3) is 33.4 Å². The van der Waals surface area contributed by atoms with E-state index in [-0.39, 0.29) is 53.3 Å². The van der Waals surface area contributed by atoms with E-state index < -0.39 is 26.2 Å². The van der Waals surface area contributed by atoms with E-state index in [0.29, 0.717) is 156 Å². The molecule has 0 radical (unpaired) electrons. The zero-order valence-corrected chi connectivity index (χ0v) is 64.7. The van der Waals surface area contributed by atoms with E-state index in [1.807, 2.05) is 78.6 Å². The molecule has 0 atom stereocenters. The van der Waals surface area contributed by atoms with Gasteiger partial charge >= 0.3 is 26.2 Å². The van der Waals surface area contributed by atoms with Crippen LogP contribution < -0.4 is 49.3 Å². The summed E-state index contributed by atoms with van der Waals surface area (Å²) in [4.78, 5) is 65.5. The highest BCUT2D eigenvalue weighted by Crippen LogP contribution is 2.36. The van der Waals surface area contributed by atoms with E-state index >= 15 is 0 Å². The van der Waals surface area contributed by atoms with E-state index in [1.165, 1.54) is 72.8 Å². The van der Waals surface area contributed by atoms with Gasteiger partial charge in [-0.05, 0) is 137 Å². The minimum atomic E-state index is -4.74. The molecule has 8 aromatic carbocycles. The quantitative estimate of drug-likeness (QED) is 0.0504. The number of alkyl halides is 10. The Hall–Kier alpha value is -11.7. The van der Waals surface area contributed by atoms with Crippen molar-refractivity contribution in [3.8, 4) is 73.6 Å². The monoisotopic (exact) mass is 1700 g/mol. The van der Waals surface area contributed by atoms with Gasteiger partial charge in [0.2, 0.25) is 0 Å². The fourth-order valence-electron chi connectivity index (χ4n) is 11.3. The summed E-state index contributed by atoms with van der Waals surface area (Å²) in [5.41, 5.74) is 7.47. The number of aromatic nitrogens is 6. The summed E-state index contributed by atoms with van der Waals surface area (Å²) < 4.78 is 151. The molecule has 0 aliphatic carbocycles. The Kier molecular flexibility index (Phi) is 30.2. The molecule has 4 N–H and O–H groups in total. The zero-order chi connectivity index (χ0) is 81.9. The molecule has 0 saturated carbocycles. The molecule has 11 aromatic rings. The molecule has 4 aliphatic rings. The highest BCUT2D eigenvalue weighted by atomic mass is 79.9. The Morgan fingerprint density at radius 1 is 0.452 bits per heavy atom. The lowest BCUT2D eigenvalue weighted by Gasteiger charge is -2.19. The highest BCUT2D eigenvalue weighted by Gasteiger charge is 2.34. The van der Waals surface area contributed by atoms with E-state index in [9.17, 15) is 58.7 Å². The molecule has 15 rings (SSSR count). The van der Waals surface area contributed by atoms with Crippen molar-refractivity contribution >= 4 is 76.1 Å². The number of carbonyl (C=O) groups is 4. The first-order valence-corrected chi connectivity index (χ1v) is 36.0. The summed E-state index contributed by atoms with van der Waals surface area (Å²) >= 11 is 8.80. The fourth-order valence-corrected chi connectivity index (χ4v) is 11.9. The number of amides is 4. The van der Waals surface area contributed by atoms with E-state index in [2.05, 4.69) is 55.7 Å². The Balaban J connectivity index is 0.000000167. The van der Waals surface area contributed by atoms with Crippen LogP contribution in [0, 0.1) is 6.92 Å². The van der Waals surface area contributed by atoms with Crippen molar-refractivity contribution in [1.82, 2.24) is 49.1 Å². The maximum Gasteiger partial charge on any atom is 0.573 e. The molecule has 0 unspecified atom stereocenters. The average Bonchev–Trinajstić information content (AvgIpc) is 1.78. The van der Waals surface area contributed by atoms with Crippen LogP contribution in [-0.2, 0) is 40.1 Å². The van der Waals surface area contributed by atoms with Crippen LogP contribution in [-0.4, -0.2) is 151 Å². The van der Waals surface area contributed by atoms with Crippen LogP contribution in [0.1, 0.15) is 64.5 Å². The number of benzene rings is 8.